The summed E-state index contributed by atoms with van der Waals surface area (Å²) < 4.78 is 0. The van der Waals surface area contributed by atoms with E-state index in [1.54, 1.807) is 0 Å². The molecule has 1 heterocycles. The van der Waals surface area contributed by atoms with Crippen LogP contribution in [0, 0.1) is 0 Å². The number of hydrogen-bond donors (Lipinski definition) is 2. The van der Waals surface area contributed by atoms with Gasteiger partial charge in [-0.25, -0.2) is 4.98 Å². The number of H-pyrrole nitrogens is 1. The normalized spacial score (nSPS) is 11.9. The molecule has 1 unspecified atom stereocenters. The van der Waals surface area contributed by atoms with Crippen molar-refractivity contribution in [2.24, 2.45) is 0 Å². The maximum atomic E-state index is 12.2. The minimum atomic E-state index is 0.00390. The van der Waals surface area contributed by atoms with Gasteiger partial charge >= 0.3 is 0 Å². The van der Waals surface area contributed by atoms with Crippen LogP contribution in [0.2, 0.25) is 0 Å². The highest BCUT2D eigenvalue weighted by Crippen LogP contribution is 2.19. The van der Waals surface area contributed by atoms with E-state index in [0.717, 1.165) is 30.7 Å². The van der Waals surface area contributed by atoms with Crippen molar-refractivity contribution in [2.75, 3.05) is 5.75 Å². The number of nitrogens with one attached hydrogen (secondary N) is 2. The Bertz CT molecular complexity index is 877. The first-order valence-corrected chi connectivity index (χ1v) is 10.6. The first-order chi connectivity index (χ1) is 13.6. The fraction of sp³-hybridized carbons (Fsp3) is 0.318. The summed E-state index contributed by atoms with van der Waals surface area (Å²) in [5, 5.41) is 10.8. The smallest absolute Gasteiger partial charge is 0.230 e. The van der Waals surface area contributed by atoms with E-state index in [9.17, 15) is 4.79 Å². The summed E-state index contributed by atoms with van der Waals surface area (Å²) in [5.74, 6) is 1.04. The molecule has 1 aromatic heterocycles. The average Bonchev–Trinajstić information content (AvgIpc) is 3.21. The Morgan fingerprint density at radius 3 is 2.57 bits per heavy atom. The van der Waals surface area contributed by atoms with Crippen LogP contribution in [0.25, 0.3) is 11.4 Å². The van der Waals surface area contributed by atoms with Crippen LogP contribution in [-0.4, -0.2) is 32.9 Å². The molecule has 5 nitrogen and oxygen atoms in total. The van der Waals surface area contributed by atoms with Crippen molar-refractivity contribution < 1.29 is 4.79 Å². The Kier molecular flexibility index (Phi) is 7.25. The van der Waals surface area contributed by atoms with E-state index in [-0.39, 0.29) is 11.9 Å². The Balaban J connectivity index is 1.43. The van der Waals surface area contributed by atoms with Crippen molar-refractivity contribution in [3.63, 3.8) is 0 Å². The molecule has 3 rings (SSSR count). The second kappa shape index (κ2) is 10.1. The van der Waals surface area contributed by atoms with Crippen LogP contribution in [0.4, 0.5) is 0 Å². The number of carbonyl (C=O) groups is 1. The van der Waals surface area contributed by atoms with Crippen LogP contribution in [0.5, 0.6) is 0 Å². The highest BCUT2D eigenvalue weighted by atomic mass is 32.2. The van der Waals surface area contributed by atoms with Crippen LogP contribution < -0.4 is 5.32 Å². The zero-order valence-corrected chi connectivity index (χ0v) is 17.1. The molecule has 3 aromatic rings. The molecule has 0 aliphatic carbocycles. The van der Waals surface area contributed by atoms with Crippen molar-refractivity contribution in [3.8, 4) is 11.4 Å². The van der Waals surface area contributed by atoms with Gasteiger partial charge in [-0.05, 0) is 37.3 Å². The first-order valence-electron chi connectivity index (χ1n) is 9.62. The van der Waals surface area contributed by atoms with Crippen LogP contribution in [0.1, 0.15) is 31.4 Å². The lowest BCUT2D eigenvalue weighted by Crippen LogP contribution is -2.34. The summed E-state index contributed by atoms with van der Waals surface area (Å²) in [5.41, 5.74) is 3.57. The van der Waals surface area contributed by atoms with Crippen molar-refractivity contribution >= 4 is 17.7 Å². The molecule has 0 aliphatic heterocycles. The predicted molar refractivity (Wildman–Crippen MR) is 114 cm³/mol. The minimum absolute atomic E-state index is 0.00390. The van der Waals surface area contributed by atoms with Gasteiger partial charge < -0.3 is 5.32 Å². The van der Waals surface area contributed by atoms with Gasteiger partial charge in [0.15, 0.2) is 5.82 Å². The SMILES string of the molecule is CCc1ccc(-c2nc(SCC(=O)NC(C)CCc3ccccc3)n[nH]2)cc1. The molecule has 146 valence electrons. The molecule has 0 fully saturated rings. The Morgan fingerprint density at radius 1 is 1.11 bits per heavy atom. The molecule has 1 amide bonds. The van der Waals surface area contributed by atoms with E-state index in [1.165, 1.54) is 22.9 Å². The summed E-state index contributed by atoms with van der Waals surface area (Å²) in [4.78, 5) is 16.7. The number of aryl methyl sites for hydroxylation is 2. The number of aromatic amines is 1. The number of nitrogens with zero attached hydrogens (tertiary/aromatic N) is 2. The lowest BCUT2D eigenvalue weighted by Gasteiger charge is -2.13. The zero-order valence-electron chi connectivity index (χ0n) is 16.3. The Labute approximate surface area is 170 Å². The lowest BCUT2D eigenvalue weighted by atomic mass is 10.1. The van der Waals surface area contributed by atoms with Gasteiger partial charge in [0.25, 0.3) is 0 Å². The summed E-state index contributed by atoms with van der Waals surface area (Å²) in [6.45, 7) is 4.17. The van der Waals surface area contributed by atoms with E-state index in [0.29, 0.717) is 10.9 Å². The third-order valence-corrected chi connectivity index (χ3v) is 5.40. The summed E-state index contributed by atoms with van der Waals surface area (Å²) in [7, 11) is 0. The molecule has 28 heavy (non-hydrogen) atoms. The fourth-order valence-electron chi connectivity index (χ4n) is 2.88. The van der Waals surface area contributed by atoms with E-state index >= 15 is 0 Å². The first kappa shape index (κ1) is 20.1. The van der Waals surface area contributed by atoms with Gasteiger partial charge in [0.05, 0.1) is 5.75 Å². The maximum Gasteiger partial charge on any atom is 0.230 e. The van der Waals surface area contributed by atoms with E-state index < -0.39 is 0 Å². The van der Waals surface area contributed by atoms with Crippen LogP contribution in [-0.2, 0) is 17.6 Å². The zero-order chi connectivity index (χ0) is 19.8. The van der Waals surface area contributed by atoms with Crippen molar-refractivity contribution in [1.82, 2.24) is 20.5 Å². The molecule has 2 N–H and O–H groups in total. The molecule has 0 bridgehead atoms. The Hall–Kier alpha value is -2.60. The second-order valence-corrected chi connectivity index (χ2v) is 7.74. The number of amides is 1. The lowest BCUT2D eigenvalue weighted by molar-refractivity contribution is -0.119. The van der Waals surface area contributed by atoms with Gasteiger partial charge in [-0.1, -0.05) is 73.3 Å². The molecule has 0 spiro atoms. The largest absolute Gasteiger partial charge is 0.353 e. The number of rotatable bonds is 9. The average molecular weight is 395 g/mol. The highest BCUT2D eigenvalue weighted by Gasteiger charge is 2.11. The standard InChI is InChI=1S/C22H26N4OS/c1-3-17-11-13-19(14-12-17)21-24-22(26-25-21)28-15-20(27)23-16(2)9-10-18-7-5-4-6-8-18/h4-8,11-14,16H,3,9-10,15H2,1-2H3,(H,23,27)(H,24,25,26). The number of hydrogen-bond acceptors (Lipinski definition) is 4. The Morgan fingerprint density at radius 2 is 1.86 bits per heavy atom. The third kappa shape index (κ3) is 5.96. The second-order valence-electron chi connectivity index (χ2n) is 6.80. The predicted octanol–water partition coefficient (Wildman–Crippen LogP) is 4.26. The summed E-state index contributed by atoms with van der Waals surface area (Å²) in [6.07, 6.45) is 2.88. The fourth-order valence-corrected chi connectivity index (χ4v) is 3.49. The van der Waals surface area contributed by atoms with E-state index in [2.05, 4.69) is 51.7 Å². The van der Waals surface area contributed by atoms with Gasteiger partial charge in [0.1, 0.15) is 0 Å². The number of aromatic nitrogens is 3. The van der Waals surface area contributed by atoms with Crippen molar-refractivity contribution in [3.05, 3.63) is 65.7 Å². The van der Waals surface area contributed by atoms with Crippen LogP contribution in [0.15, 0.2) is 59.8 Å². The molecular weight excluding hydrogens is 368 g/mol. The summed E-state index contributed by atoms with van der Waals surface area (Å²) >= 11 is 1.34. The van der Waals surface area contributed by atoms with E-state index in [4.69, 9.17) is 0 Å². The quantitative estimate of drug-likeness (QED) is 0.532. The van der Waals surface area contributed by atoms with Gasteiger partial charge in [0, 0.05) is 11.6 Å². The number of benzene rings is 2. The third-order valence-electron chi connectivity index (χ3n) is 4.55. The molecule has 1 atom stereocenters. The molecule has 0 saturated heterocycles. The van der Waals surface area contributed by atoms with E-state index in [1.807, 2.05) is 37.3 Å². The molecule has 0 aliphatic rings. The van der Waals surface area contributed by atoms with Crippen LogP contribution >= 0.6 is 11.8 Å². The van der Waals surface area contributed by atoms with Crippen molar-refractivity contribution in [1.29, 1.82) is 0 Å². The molecule has 2 aromatic carbocycles. The molecule has 0 saturated carbocycles. The molecule has 6 heteroatoms. The monoisotopic (exact) mass is 394 g/mol. The topological polar surface area (TPSA) is 70.7 Å². The number of thioether (sulfide) groups is 1. The molecular formula is C22H26N4OS. The maximum absolute atomic E-state index is 12.2. The summed E-state index contributed by atoms with van der Waals surface area (Å²) in [6, 6.07) is 18.7. The van der Waals surface area contributed by atoms with Gasteiger partial charge in [-0.2, -0.15) is 0 Å². The minimum Gasteiger partial charge on any atom is -0.353 e. The highest BCUT2D eigenvalue weighted by molar-refractivity contribution is 7.99. The number of carbonyl (C=O) groups excluding carboxylic acids is 1. The van der Waals surface area contributed by atoms with Crippen molar-refractivity contribution in [2.45, 2.75) is 44.3 Å². The van der Waals surface area contributed by atoms with Crippen LogP contribution in [0.3, 0.4) is 0 Å². The van der Waals surface area contributed by atoms with Gasteiger partial charge in [-0.3, -0.25) is 9.89 Å². The molecule has 0 radical (unpaired) electrons. The van der Waals surface area contributed by atoms with Gasteiger partial charge in [-0.15, -0.1) is 5.10 Å². The van der Waals surface area contributed by atoms with Gasteiger partial charge in [0.2, 0.25) is 11.1 Å².